The molecule has 2 atom stereocenters. The number of pyridine rings is 1. The van der Waals surface area contributed by atoms with Crippen molar-refractivity contribution in [2.45, 2.75) is 45.6 Å². The third-order valence-corrected chi connectivity index (χ3v) is 4.89. The molecule has 0 radical (unpaired) electrons. The number of esters is 1. The van der Waals surface area contributed by atoms with E-state index in [0.717, 1.165) is 19.3 Å². The first-order chi connectivity index (χ1) is 12.6. The van der Waals surface area contributed by atoms with Crippen molar-refractivity contribution in [1.29, 1.82) is 0 Å². The Labute approximate surface area is 152 Å². The summed E-state index contributed by atoms with van der Waals surface area (Å²) >= 11 is 0. The molecule has 26 heavy (non-hydrogen) atoms. The van der Waals surface area contributed by atoms with Crippen LogP contribution >= 0.6 is 0 Å². The Kier molecular flexibility index (Phi) is 5.65. The van der Waals surface area contributed by atoms with E-state index in [1.807, 2.05) is 12.1 Å². The lowest BCUT2D eigenvalue weighted by molar-refractivity contribution is -0.125. The summed E-state index contributed by atoms with van der Waals surface area (Å²) < 4.78 is 6.74. The lowest BCUT2D eigenvalue weighted by atomic mass is 9.86. The molecule has 0 aromatic carbocycles. The van der Waals surface area contributed by atoms with Gasteiger partial charge in [-0.2, -0.15) is 5.10 Å². The van der Waals surface area contributed by atoms with Gasteiger partial charge in [0.05, 0.1) is 11.9 Å². The second-order valence-electron chi connectivity index (χ2n) is 6.76. The molecular weight excluding hydrogens is 332 g/mol. The lowest BCUT2D eigenvalue weighted by Crippen LogP contribution is -2.42. The highest BCUT2D eigenvalue weighted by molar-refractivity contribution is 5.92. The minimum Gasteiger partial charge on any atom is -0.452 e. The highest BCUT2D eigenvalue weighted by atomic mass is 16.5. The molecule has 7 nitrogen and oxygen atoms in total. The summed E-state index contributed by atoms with van der Waals surface area (Å²) in [6.45, 7) is 3.63. The molecule has 1 amide bonds. The number of hydrogen-bond donors (Lipinski definition) is 1. The van der Waals surface area contributed by atoms with E-state index >= 15 is 0 Å². The van der Waals surface area contributed by atoms with Crippen molar-refractivity contribution in [3.05, 3.63) is 41.9 Å². The van der Waals surface area contributed by atoms with Crippen molar-refractivity contribution in [1.82, 2.24) is 20.1 Å². The van der Waals surface area contributed by atoms with Crippen LogP contribution in [-0.2, 0) is 9.53 Å². The van der Waals surface area contributed by atoms with Gasteiger partial charge in [0.25, 0.3) is 5.91 Å². The van der Waals surface area contributed by atoms with Crippen molar-refractivity contribution < 1.29 is 14.3 Å². The van der Waals surface area contributed by atoms with Crippen molar-refractivity contribution in [3.63, 3.8) is 0 Å². The molecule has 2 aromatic rings. The van der Waals surface area contributed by atoms with Gasteiger partial charge >= 0.3 is 5.97 Å². The molecule has 2 unspecified atom stereocenters. The van der Waals surface area contributed by atoms with Crippen LogP contribution in [0, 0.1) is 12.8 Å². The highest BCUT2D eigenvalue weighted by Gasteiger charge is 2.24. The van der Waals surface area contributed by atoms with E-state index < -0.39 is 5.97 Å². The van der Waals surface area contributed by atoms with Gasteiger partial charge in [-0.25, -0.2) is 14.5 Å². The SMILES string of the molecule is Cc1c(C(=O)OCC(=O)NC2CCCCC2C)cnn1-c1ccccn1. The van der Waals surface area contributed by atoms with Gasteiger partial charge < -0.3 is 10.1 Å². The first-order valence-corrected chi connectivity index (χ1v) is 8.99. The minimum atomic E-state index is -0.559. The van der Waals surface area contributed by atoms with Crippen molar-refractivity contribution >= 4 is 11.9 Å². The number of hydrogen-bond acceptors (Lipinski definition) is 5. The van der Waals surface area contributed by atoms with Gasteiger partial charge in [0.1, 0.15) is 5.56 Å². The monoisotopic (exact) mass is 356 g/mol. The Balaban J connectivity index is 1.57. The average Bonchev–Trinajstić information content (AvgIpc) is 3.04. The maximum absolute atomic E-state index is 12.3. The summed E-state index contributed by atoms with van der Waals surface area (Å²) in [6, 6.07) is 5.62. The van der Waals surface area contributed by atoms with Gasteiger partial charge in [0, 0.05) is 12.2 Å². The van der Waals surface area contributed by atoms with Gasteiger partial charge in [-0.1, -0.05) is 25.8 Å². The molecule has 138 valence electrons. The fourth-order valence-corrected chi connectivity index (χ4v) is 3.31. The Morgan fingerprint density at radius 2 is 2.12 bits per heavy atom. The molecule has 0 bridgehead atoms. The van der Waals surface area contributed by atoms with E-state index in [2.05, 4.69) is 22.3 Å². The summed E-state index contributed by atoms with van der Waals surface area (Å²) in [4.78, 5) is 28.6. The molecule has 1 N–H and O–H groups in total. The van der Waals surface area contributed by atoms with Crippen LogP contribution in [0.5, 0.6) is 0 Å². The summed E-state index contributed by atoms with van der Waals surface area (Å²) in [7, 11) is 0. The van der Waals surface area contributed by atoms with Gasteiger partial charge in [0.15, 0.2) is 12.4 Å². The van der Waals surface area contributed by atoms with E-state index in [1.54, 1.807) is 23.9 Å². The van der Waals surface area contributed by atoms with E-state index in [4.69, 9.17) is 4.74 Å². The van der Waals surface area contributed by atoms with Crippen LogP contribution in [0.1, 0.15) is 48.7 Å². The molecule has 0 aliphatic heterocycles. The first-order valence-electron chi connectivity index (χ1n) is 8.99. The topological polar surface area (TPSA) is 86.1 Å². The van der Waals surface area contributed by atoms with Gasteiger partial charge in [-0.05, 0) is 37.8 Å². The second kappa shape index (κ2) is 8.12. The number of ether oxygens (including phenoxy) is 1. The molecule has 3 rings (SSSR count). The number of aromatic nitrogens is 3. The number of nitrogens with one attached hydrogen (secondary N) is 1. The van der Waals surface area contributed by atoms with Crippen LogP contribution < -0.4 is 5.32 Å². The highest BCUT2D eigenvalue weighted by Crippen LogP contribution is 2.23. The third kappa shape index (κ3) is 4.09. The summed E-state index contributed by atoms with van der Waals surface area (Å²) in [5, 5.41) is 7.16. The zero-order valence-electron chi connectivity index (χ0n) is 15.1. The number of carbonyl (C=O) groups is 2. The standard InChI is InChI=1S/C19H24N4O3/c1-13-7-3-4-8-16(13)22-18(24)12-26-19(25)15-11-21-23(14(15)2)17-9-5-6-10-20-17/h5-6,9-11,13,16H,3-4,7-8,12H2,1-2H3,(H,22,24). The van der Waals surface area contributed by atoms with Crippen LogP contribution in [0.25, 0.3) is 5.82 Å². The predicted molar refractivity (Wildman–Crippen MR) is 95.9 cm³/mol. The summed E-state index contributed by atoms with van der Waals surface area (Å²) in [5.74, 6) is 0.263. The smallest absolute Gasteiger partial charge is 0.342 e. The fraction of sp³-hybridized carbons (Fsp3) is 0.474. The van der Waals surface area contributed by atoms with Gasteiger partial charge in [-0.15, -0.1) is 0 Å². The van der Waals surface area contributed by atoms with Crippen molar-refractivity contribution in [2.75, 3.05) is 6.61 Å². The Hall–Kier alpha value is -2.70. The molecule has 1 saturated carbocycles. The Morgan fingerprint density at radius 3 is 2.85 bits per heavy atom. The molecule has 2 heterocycles. The number of rotatable bonds is 5. The third-order valence-electron chi connectivity index (χ3n) is 4.89. The van der Waals surface area contributed by atoms with Crippen molar-refractivity contribution in [2.24, 2.45) is 5.92 Å². The minimum absolute atomic E-state index is 0.170. The fourth-order valence-electron chi connectivity index (χ4n) is 3.31. The normalized spacial score (nSPS) is 19.8. The number of nitrogens with zero attached hydrogens (tertiary/aromatic N) is 3. The molecule has 2 aromatic heterocycles. The molecule has 1 aliphatic rings. The molecular formula is C19H24N4O3. The van der Waals surface area contributed by atoms with E-state index in [-0.39, 0.29) is 18.6 Å². The maximum atomic E-state index is 12.3. The van der Waals surface area contributed by atoms with Crippen LogP contribution in [0.2, 0.25) is 0 Å². The second-order valence-corrected chi connectivity index (χ2v) is 6.76. The molecule has 1 aliphatic carbocycles. The zero-order valence-corrected chi connectivity index (χ0v) is 15.1. The first kappa shape index (κ1) is 18.1. The van der Waals surface area contributed by atoms with Crippen LogP contribution in [0.3, 0.4) is 0 Å². The molecule has 1 fully saturated rings. The zero-order chi connectivity index (χ0) is 18.5. The van der Waals surface area contributed by atoms with E-state index in [1.165, 1.54) is 12.6 Å². The van der Waals surface area contributed by atoms with Gasteiger partial charge in [0.2, 0.25) is 0 Å². The van der Waals surface area contributed by atoms with E-state index in [0.29, 0.717) is 23.0 Å². The molecule has 0 spiro atoms. The van der Waals surface area contributed by atoms with E-state index in [9.17, 15) is 9.59 Å². The van der Waals surface area contributed by atoms with Crippen molar-refractivity contribution in [3.8, 4) is 5.82 Å². The largest absolute Gasteiger partial charge is 0.452 e. The Bertz CT molecular complexity index is 772. The average molecular weight is 356 g/mol. The Morgan fingerprint density at radius 1 is 1.31 bits per heavy atom. The van der Waals surface area contributed by atoms with Gasteiger partial charge in [-0.3, -0.25) is 4.79 Å². The number of carbonyl (C=O) groups excluding carboxylic acids is 2. The van der Waals surface area contributed by atoms with Crippen LogP contribution in [-0.4, -0.2) is 39.3 Å². The summed E-state index contributed by atoms with van der Waals surface area (Å²) in [6.07, 6.45) is 7.54. The summed E-state index contributed by atoms with van der Waals surface area (Å²) in [5.41, 5.74) is 0.949. The maximum Gasteiger partial charge on any atom is 0.342 e. The molecule has 7 heteroatoms. The number of amides is 1. The lowest BCUT2D eigenvalue weighted by Gasteiger charge is -2.29. The van der Waals surface area contributed by atoms with Crippen LogP contribution in [0.15, 0.2) is 30.6 Å². The van der Waals surface area contributed by atoms with Crippen LogP contribution in [0.4, 0.5) is 0 Å². The predicted octanol–water partition coefficient (Wildman–Crippen LogP) is 2.43. The quantitative estimate of drug-likeness (QED) is 0.832. The molecule has 0 saturated heterocycles.